The van der Waals surface area contributed by atoms with E-state index in [-0.39, 0.29) is 6.54 Å². The van der Waals surface area contributed by atoms with E-state index in [0.29, 0.717) is 6.42 Å². The van der Waals surface area contributed by atoms with Crippen LogP contribution >= 0.6 is 0 Å². The van der Waals surface area contributed by atoms with Crippen LogP contribution in [-0.4, -0.2) is 24.4 Å². The van der Waals surface area contributed by atoms with Crippen LogP contribution in [0.15, 0.2) is 0 Å². The molecule has 0 spiro atoms. The molecule has 0 saturated carbocycles. The Bertz CT molecular complexity index is 166. The van der Waals surface area contributed by atoms with Gasteiger partial charge in [-0.25, -0.2) is 9.18 Å². The lowest BCUT2D eigenvalue weighted by Gasteiger charge is -2.20. The van der Waals surface area contributed by atoms with Gasteiger partial charge in [-0.3, -0.25) is 0 Å². The monoisotopic (exact) mass is 221 g/mol. The maximum absolute atomic E-state index is 12.7. The van der Waals surface area contributed by atoms with Crippen molar-refractivity contribution in [1.82, 2.24) is 5.32 Å². The van der Waals surface area contributed by atoms with E-state index in [1.54, 1.807) is 27.7 Å². The molecule has 92 valence electrons. The molecule has 0 radical (unpaired) electrons. The number of rotatable bonds is 3. The van der Waals surface area contributed by atoms with Gasteiger partial charge in [-0.15, -0.1) is 0 Å². The average molecular weight is 221 g/mol. The van der Waals surface area contributed by atoms with Crippen molar-refractivity contribution < 1.29 is 13.9 Å². The second-order valence-corrected chi connectivity index (χ2v) is 3.89. The zero-order valence-corrected chi connectivity index (χ0v) is 10.7. The first-order chi connectivity index (χ1) is 6.85. The van der Waals surface area contributed by atoms with Gasteiger partial charge in [-0.05, 0) is 27.2 Å². The molecule has 0 saturated heterocycles. The first kappa shape index (κ1) is 16.6. The summed E-state index contributed by atoms with van der Waals surface area (Å²) in [7, 11) is 0. The fraction of sp³-hybridized carbons (Fsp3) is 0.909. The molecule has 0 aliphatic heterocycles. The lowest BCUT2D eigenvalue weighted by Crippen LogP contribution is -2.35. The van der Waals surface area contributed by atoms with E-state index in [1.165, 1.54) is 0 Å². The highest BCUT2D eigenvalue weighted by atomic mass is 19.1. The van der Waals surface area contributed by atoms with Crippen molar-refractivity contribution in [2.24, 2.45) is 0 Å². The van der Waals surface area contributed by atoms with Crippen LogP contribution in [0.25, 0.3) is 0 Å². The smallest absolute Gasteiger partial charge is 0.407 e. The molecule has 3 nitrogen and oxygen atoms in total. The number of nitrogens with one attached hydrogen (secondary N) is 1. The Kier molecular flexibility index (Phi) is 9.42. The van der Waals surface area contributed by atoms with Gasteiger partial charge in [0.1, 0.15) is 11.8 Å². The molecule has 0 aromatic carbocycles. The molecule has 0 fully saturated rings. The summed E-state index contributed by atoms with van der Waals surface area (Å²) < 4.78 is 17.6. The van der Waals surface area contributed by atoms with Crippen LogP contribution in [0.5, 0.6) is 0 Å². The predicted octanol–water partition coefficient (Wildman–Crippen LogP) is 3.29. The first-order valence-electron chi connectivity index (χ1n) is 5.46. The molecule has 4 heteroatoms. The number of halogens is 1. The molecule has 15 heavy (non-hydrogen) atoms. The molecule has 0 heterocycles. The van der Waals surface area contributed by atoms with Gasteiger partial charge in [-0.2, -0.15) is 0 Å². The van der Waals surface area contributed by atoms with Crippen LogP contribution in [0.4, 0.5) is 9.18 Å². The molecule has 0 aromatic heterocycles. The van der Waals surface area contributed by atoms with Crippen molar-refractivity contribution in [3.05, 3.63) is 0 Å². The second-order valence-electron chi connectivity index (χ2n) is 3.89. The number of alkyl carbamates (subject to hydrolysis) is 1. The Labute approximate surface area is 92.4 Å². The van der Waals surface area contributed by atoms with E-state index in [2.05, 4.69) is 5.32 Å². The van der Waals surface area contributed by atoms with Crippen molar-refractivity contribution in [3.63, 3.8) is 0 Å². The van der Waals surface area contributed by atoms with E-state index >= 15 is 0 Å². The summed E-state index contributed by atoms with van der Waals surface area (Å²) in [6.45, 7) is 11.0. The third-order valence-electron chi connectivity index (χ3n) is 1.31. The number of carbonyl (C=O) groups is 1. The summed E-state index contributed by atoms with van der Waals surface area (Å²) in [5.74, 6) is 0. The minimum Gasteiger partial charge on any atom is -0.444 e. The van der Waals surface area contributed by atoms with Gasteiger partial charge < -0.3 is 10.1 Å². The van der Waals surface area contributed by atoms with Crippen molar-refractivity contribution in [2.45, 2.75) is 59.7 Å². The quantitative estimate of drug-likeness (QED) is 0.794. The van der Waals surface area contributed by atoms with Gasteiger partial charge in [0.15, 0.2) is 0 Å². The first-order valence-corrected chi connectivity index (χ1v) is 5.46. The van der Waals surface area contributed by atoms with Gasteiger partial charge in [-0.1, -0.05) is 20.8 Å². The molecule has 0 aromatic rings. The molecule has 0 rings (SSSR count). The zero-order valence-electron chi connectivity index (χ0n) is 10.7. The number of hydrogen-bond acceptors (Lipinski definition) is 2. The molecule has 1 atom stereocenters. The topological polar surface area (TPSA) is 38.3 Å². The van der Waals surface area contributed by atoms with Gasteiger partial charge in [0.2, 0.25) is 0 Å². The van der Waals surface area contributed by atoms with E-state index in [9.17, 15) is 9.18 Å². The van der Waals surface area contributed by atoms with Crippen LogP contribution in [0.1, 0.15) is 48.0 Å². The van der Waals surface area contributed by atoms with Crippen molar-refractivity contribution in [1.29, 1.82) is 0 Å². The lowest BCUT2D eigenvalue weighted by molar-refractivity contribution is 0.0513. The average Bonchev–Trinajstić information content (AvgIpc) is 2.14. The molecule has 0 aliphatic carbocycles. The summed E-state index contributed by atoms with van der Waals surface area (Å²) in [5, 5.41) is 2.35. The van der Waals surface area contributed by atoms with Crippen LogP contribution in [0.2, 0.25) is 0 Å². The highest BCUT2D eigenvalue weighted by Gasteiger charge is 2.16. The van der Waals surface area contributed by atoms with E-state index in [0.717, 1.165) is 0 Å². The Balaban J connectivity index is 0. The molecular weight excluding hydrogens is 197 g/mol. The number of carbonyl (C=O) groups excluding carboxylic acids is 1. The van der Waals surface area contributed by atoms with Gasteiger partial charge >= 0.3 is 6.09 Å². The summed E-state index contributed by atoms with van der Waals surface area (Å²) >= 11 is 0. The summed E-state index contributed by atoms with van der Waals surface area (Å²) in [6.07, 6.45) is -1.16. The van der Waals surface area contributed by atoms with Crippen LogP contribution in [0, 0.1) is 0 Å². The number of amides is 1. The second kappa shape index (κ2) is 8.50. The summed E-state index contributed by atoms with van der Waals surface area (Å²) in [4.78, 5) is 11.0. The van der Waals surface area contributed by atoms with Crippen molar-refractivity contribution in [2.75, 3.05) is 6.54 Å². The maximum Gasteiger partial charge on any atom is 0.407 e. The zero-order chi connectivity index (χ0) is 12.5. The van der Waals surface area contributed by atoms with Gasteiger partial charge in [0.25, 0.3) is 0 Å². The highest BCUT2D eigenvalue weighted by molar-refractivity contribution is 5.67. The Morgan fingerprint density at radius 2 is 1.87 bits per heavy atom. The Morgan fingerprint density at radius 3 is 2.20 bits per heavy atom. The van der Waals surface area contributed by atoms with Crippen molar-refractivity contribution in [3.8, 4) is 0 Å². The van der Waals surface area contributed by atoms with E-state index in [1.807, 2.05) is 13.8 Å². The largest absolute Gasteiger partial charge is 0.444 e. The van der Waals surface area contributed by atoms with Crippen LogP contribution in [0.3, 0.4) is 0 Å². The maximum atomic E-state index is 12.7. The minimum atomic E-state index is -0.993. The minimum absolute atomic E-state index is 0.0193. The van der Waals surface area contributed by atoms with Crippen LogP contribution in [-0.2, 0) is 4.74 Å². The molecule has 0 aliphatic rings. The van der Waals surface area contributed by atoms with Crippen molar-refractivity contribution >= 4 is 6.09 Å². The Hall–Kier alpha value is -0.800. The highest BCUT2D eigenvalue weighted by Crippen LogP contribution is 2.06. The fourth-order valence-electron chi connectivity index (χ4n) is 0.653. The fourth-order valence-corrected chi connectivity index (χ4v) is 0.653. The van der Waals surface area contributed by atoms with Gasteiger partial charge in [0, 0.05) is 0 Å². The molecule has 1 amide bonds. The van der Waals surface area contributed by atoms with E-state index < -0.39 is 17.9 Å². The standard InChI is InChI=1S/C9H18FNO2.C2H6/c1-5-7(10)6-11-8(12)13-9(2,3)4;1-2/h7H,5-6H2,1-4H3,(H,11,12);1-2H3. The molecule has 1 unspecified atom stereocenters. The third kappa shape index (κ3) is 13.2. The van der Waals surface area contributed by atoms with Gasteiger partial charge in [0.05, 0.1) is 6.54 Å². The van der Waals surface area contributed by atoms with Crippen LogP contribution < -0.4 is 5.32 Å². The number of alkyl halides is 1. The van der Waals surface area contributed by atoms with E-state index in [4.69, 9.17) is 4.74 Å². The molecule has 1 N–H and O–H groups in total. The molecular formula is C11H24FNO2. The number of ether oxygens (including phenoxy) is 1. The normalized spacial score (nSPS) is 12.2. The predicted molar refractivity (Wildman–Crippen MR) is 60.8 cm³/mol. The molecule has 0 bridgehead atoms. The third-order valence-corrected chi connectivity index (χ3v) is 1.31. The SMILES string of the molecule is CC.CCC(F)CNC(=O)OC(C)(C)C. The Morgan fingerprint density at radius 1 is 1.40 bits per heavy atom. The summed E-state index contributed by atoms with van der Waals surface area (Å²) in [5.41, 5.74) is -0.526. The summed E-state index contributed by atoms with van der Waals surface area (Å²) in [6, 6.07) is 0. The lowest BCUT2D eigenvalue weighted by atomic mass is 10.2. The number of hydrogen-bond donors (Lipinski definition) is 1.